The summed E-state index contributed by atoms with van der Waals surface area (Å²) in [5.74, 6) is 0.790. The highest BCUT2D eigenvalue weighted by molar-refractivity contribution is 5.69. The first-order valence-electron chi connectivity index (χ1n) is 4.78. The maximum absolute atomic E-state index is 11.1. The fourth-order valence-electron chi connectivity index (χ4n) is 2.18. The predicted molar refractivity (Wildman–Crippen MR) is 46.9 cm³/mol. The Kier molecular flexibility index (Phi) is 2.36. The minimum Gasteiger partial charge on any atom is -0.462 e. The van der Waals surface area contributed by atoms with Crippen molar-refractivity contribution in [3.05, 3.63) is 12.2 Å². The van der Waals surface area contributed by atoms with Gasteiger partial charge in [-0.05, 0) is 18.8 Å². The Hall–Kier alpha value is -0.830. The van der Waals surface area contributed by atoms with E-state index in [1.165, 1.54) is 0 Å². The number of carbonyl (C=O) groups excluding carboxylic acids is 1. The molecule has 1 saturated carbocycles. The second-order valence-electron chi connectivity index (χ2n) is 3.78. The standard InChI is InChI=1S/C10H14O3/c11-4-3-10(12)13-9-6-7-1-2-8(9)5-7/h1-2,7-9,11H,3-6H2. The lowest BCUT2D eigenvalue weighted by Gasteiger charge is -2.18. The molecule has 2 aliphatic rings. The average molecular weight is 182 g/mol. The normalized spacial score (nSPS) is 35.3. The first-order valence-corrected chi connectivity index (χ1v) is 4.78. The van der Waals surface area contributed by atoms with Crippen LogP contribution in [0.2, 0.25) is 0 Å². The molecular formula is C10H14O3. The van der Waals surface area contributed by atoms with Gasteiger partial charge in [0.1, 0.15) is 6.10 Å². The van der Waals surface area contributed by atoms with Gasteiger partial charge >= 0.3 is 5.97 Å². The number of aliphatic hydroxyl groups excluding tert-OH is 1. The zero-order valence-corrected chi connectivity index (χ0v) is 7.48. The highest BCUT2D eigenvalue weighted by Crippen LogP contribution is 2.40. The van der Waals surface area contributed by atoms with E-state index in [-0.39, 0.29) is 25.1 Å². The number of aliphatic hydroxyl groups is 1. The lowest BCUT2D eigenvalue weighted by molar-refractivity contribution is -0.150. The largest absolute Gasteiger partial charge is 0.462 e. The van der Waals surface area contributed by atoms with Crippen LogP contribution in [0.3, 0.4) is 0 Å². The summed E-state index contributed by atoms with van der Waals surface area (Å²) in [4.78, 5) is 11.1. The number of hydrogen-bond donors (Lipinski definition) is 1. The smallest absolute Gasteiger partial charge is 0.308 e. The van der Waals surface area contributed by atoms with Crippen LogP contribution < -0.4 is 0 Å². The van der Waals surface area contributed by atoms with Gasteiger partial charge in [0.25, 0.3) is 0 Å². The van der Waals surface area contributed by atoms with Crippen LogP contribution in [0.5, 0.6) is 0 Å². The fourth-order valence-corrected chi connectivity index (χ4v) is 2.18. The minimum atomic E-state index is -0.270. The van der Waals surface area contributed by atoms with Crippen LogP contribution in [0.15, 0.2) is 12.2 Å². The maximum atomic E-state index is 11.1. The summed E-state index contributed by atoms with van der Waals surface area (Å²) in [5, 5.41) is 8.53. The molecule has 0 amide bonds. The molecule has 2 bridgehead atoms. The Morgan fingerprint density at radius 1 is 1.46 bits per heavy atom. The van der Waals surface area contributed by atoms with Crippen molar-refractivity contribution in [2.24, 2.45) is 11.8 Å². The van der Waals surface area contributed by atoms with Crippen molar-refractivity contribution >= 4 is 5.97 Å². The minimum absolute atomic E-state index is 0.0778. The Morgan fingerprint density at radius 2 is 2.31 bits per heavy atom. The van der Waals surface area contributed by atoms with Crippen molar-refractivity contribution in [2.45, 2.75) is 25.4 Å². The van der Waals surface area contributed by atoms with Crippen LogP contribution in [0.25, 0.3) is 0 Å². The van der Waals surface area contributed by atoms with Gasteiger partial charge in [-0.3, -0.25) is 4.79 Å². The van der Waals surface area contributed by atoms with Crippen molar-refractivity contribution in [1.29, 1.82) is 0 Å². The second kappa shape index (κ2) is 3.50. The molecule has 13 heavy (non-hydrogen) atoms. The van der Waals surface area contributed by atoms with E-state index in [2.05, 4.69) is 12.2 Å². The second-order valence-corrected chi connectivity index (χ2v) is 3.78. The monoisotopic (exact) mass is 182 g/mol. The van der Waals surface area contributed by atoms with Gasteiger partial charge in [0.2, 0.25) is 0 Å². The van der Waals surface area contributed by atoms with E-state index in [1.54, 1.807) is 0 Å². The molecule has 0 radical (unpaired) electrons. The maximum Gasteiger partial charge on any atom is 0.308 e. The number of fused-ring (bicyclic) bond motifs is 2. The number of hydrogen-bond acceptors (Lipinski definition) is 3. The quantitative estimate of drug-likeness (QED) is 0.520. The van der Waals surface area contributed by atoms with Crippen molar-refractivity contribution in [3.8, 4) is 0 Å². The third-order valence-corrected chi connectivity index (χ3v) is 2.82. The van der Waals surface area contributed by atoms with E-state index in [0.717, 1.165) is 12.8 Å². The van der Waals surface area contributed by atoms with Gasteiger partial charge in [-0.2, -0.15) is 0 Å². The van der Waals surface area contributed by atoms with Crippen molar-refractivity contribution in [1.82, 2.24) is 0 Å². The highest BCUT2D eigenvalue weighted by Gasteiger charge is 2.37. The van der Waals surface area contributed by atoms with Crippen molar-refractivity contribution in [3.63, 3.8) is 0 Å². The molecular weight excluding hydrogens is 168 g/mol. The Morgan fingerprint density at radius 3 is 2.85 bits per heavy atom. The van der Waals surface area contributed by atoms with Gasteiger partial charge in [0.15, 0.2) is 0 Å². The van der Waals surface area contributed by atoms with Gasteiger partial charge in [0.05, 0.1) is 13.0 Å². The zero-order chi connectivity index (χ0) is 9.26. The first kappa shape index (κ1) is 8.75. The molecule has 3 heteroatoms. The number of esters is 1. The summed E-state index contributed by atoms with van der Waals surface area (Å²) in [5.41, 5.74) is 0. The fraction of sp³-hybridized carbons (Fsp3) is 0.700. The first-order chi connectivity index (χ1) is 6.29. The van der Waals surface area contributed by atoms with Gasteiger partial charge in [0, 0.05) is 5.92 Å². The third kappa shape index (κ3) is 1.75. The number of carbonyl (C=O) groups is 1. The van der Waals surface area contributed by atoms with E-state index in [4.69, 9.17) is 9.84 Å². The van der Waals surface area contributed by atoms with E-state index in [1.807, 2.05) is 0 Å². The van der Waals surface area contributed by atoms with E-state index < -0.39 is 0 Å². The lowest BCUT2D eigenvalue weighted by Crippen LogP contribution is -2.22. The van der Waals surface area contributed by atoms with Crippen LogP contribution in [0, 0.1) is 11.8 Å². The Labute approximate surface area is 77.4 Å². The molecule has 0 aromatic heterocycles. The van der Waals surface area contributed by atoms with Gasteiger partial charge in [-0.25, -0.2) is 0 Å². The van der Waals surface area contributed by atoms with Gasteiger partial charge in [-0.15, -0.1) is 0 Å². The van der Waals surface area contributed by atoms with Crippen LogP contribution >= 0.6 is 0 Å². The predicted octanol–water partition coefficient (Wildman–Crippen LogP) is 0.877. The zero-order valence-electron chi connectivity index (χ0n) is 7.48. The molecule has 0 aromatic carbocycles. The highest BCUT2D eigenvalue weighted by atomic mass is 16.5. The number of rotatable bonds is 3. The molecule has 0 saturated heterocycles. The average Bonchev–Trinajstić information content (AvgIpc) is 2.65. The summed E-state index contributed by atoms with van der Waals surface area (Å²) < 4.78 is 5.24. The SMILES string of the molecule is O=C(CCO)OC1CC2C=CC1C2. The molecule has 0 aromatic rings. The summed E-state index contributed by atoms with van der Waals surface area (Å²) in [6.45, 7) is -0.116. The van der Waals surface area contributed by atoms with Crippen LogP contribution in [0.4, 0.5) is 0 Å². The summed E-state index contributed by atoms with van der Waals surface area (Å²) in [7, 11) is 0. The molecule has 2 aliphatic carbocycles. The summed E-state index contributed by atoms with van der Waals surface area (Å²) in [6, 6.07) is 0. The Bertz CT molecular complexity index is 234. The van der Waals surface area contributed by atoms with Crippen LogP contribution in [-0.2, 0) is 9.53 Å². The molecule has 1 N–H and O–H groups in total. The Balaban J connectivity index is 1.83. The molecule has 72 valence electrons. The van der Waals surface area contributed by atoms with E-state index in [9.17, 15) is 4.79 Å². The van der Waals surface area contributed by atoms with Gasteiger partial charge < -0.3 is 9.84 Å². The molecule has 1 fully saturated rings. The lowest BCUT2D eigenvalue weighted by atomic mass is 10.0. The number of ether oxygens (including phenoxy) is 1. The van der Waals surface area contributed by atoms with Crippen molar-refractivity contribution in [2.75, 3.05) is 6.61 Å². The molecule has 3 atom stereocenters. The van der Waals surface area contributed by atoms with Crippen LogP contribution in [-0.4, -0.2) is 23.8 Å². The summed E-state index contributed by atoms with van der Waals surface area (Å²) in [6.07, 6.45) is 6.66. The number of allylic oxidation sites excluding steroid dienone is 1. The molecule has 0 spiro atoms. The molecule has 0 heterocycles. The van der Waals surface area contributed by atoms with Crippen molar-refractivity contribution < 1.29 is 14.6 Å². The van der Waals surface area contributed by atoms with Crippen LogP contribution in [0.1, 0.15) is 19.3 Å². The van der Waals surface area contributed by atoms with Gasteiger partial charge in [-0.1, -0.05) is 12.2 Å². The molecule has 2 rings (SSSR count). The van der Waals surface area contributed by atoms with E-state index in [0.29, 0.717) is 11.8 Å². The van der Waals surface area contributed by atoms with E-state index >= 15 is 0 Å². The summed E-state index contributed by atoms with van der Waals surface area (Å²) >= 11 is 0. The molecule has 3 unspecified atom stereocenters. The molecule has 3 nitrogen and oxygen atoms in total. The topological polar surface area (TPSA) is 46.5 Å². The molecule has 0 aliphatic heterocycles. The third-order valence-electron chi connectivity index (χ3n) is 2.82.